The zero-order chi connectivity index (χ0) is 47.8. The van der Waals surface area contributed by atoms with Crippen LogP contribution in [0.4, 0.5) is 5.69 Å². The fourth-order valence-electron chi connectivity index (χ4n) is 8.14. The molecule has 2 aromatic rings. The number of rotatable bonds is 25. The van der Waals surface area contributed by atoms with Crippen molar-refractivity contribution in [2.45, 2.75) is 143 Å². The first-order chi connectivity index (χ1) is 30.9. The van der Waals surface area contributed by atoms with Gasteiger partial charge in [-0.3, -0.25) is 33.7 Å². The van der Waals surface area contributed by atoms with Gasteiger partial charge in [-0.25, -0.2) is 10.0 Å². The number of aliphatic hydroxyl groups is 1. The van der Waals surface area contributed by atoms with Crippen molar-refractivity contribution in [2.75, 3.05) is 32.5 Å². The molecule has 1 aromatic heterocycles. The molecule has 0 radical (unpaired) electrons. The highest BCUT2D eigenvalue weighted by molar-refractivity contribution is 7.09. The number of hydrogen-bond donors (Lipinski definition) is 5. The quantitative estimate of drug-likeness (QED) is 0.0290. The van der Waals surface area contributed by atoms with Crippen molar-refractivity contribution in [3.63, 3.8) is 0 Å². The number of hydrogen-bond acceptors (Lipinski definition) is 13. The molecule has 3 amide bonds. The number of aliphatic hydroxyl groups excluding tert-OH is 1. The number of carboxylic acid groups (broad SMARTS) is 1. The molecule has 1 aliphatic heterocycles. The average Bonchev–Trinajstić information content (AvgIpc) is 3.76. The van der Waals surface area contributed by atoms with E-state index >= 15 is 0 Å². The summed E-state index contributed by atoms with van der Waals surface area (Å²) in [7, 11) is 1.92. The lowest BCUT2D eigenvalue weighted by molar-refractivity contribution is -0.214. The minimum atomic E-state index is -0.989. The number of likely N-dealkylation sites (N-methyl/N-ethyl adjacent to an activating group) is 1. The molecule has 2 aliphatic rings. The Bertz CT molecular complexity index is 1950. The van der Waals surface area contributed by atoms with Crippen LogP contribution in [0.5, 0.6) is 0 Å². The van der Waals surface area contributed by atoms with Gasteiger partial charge in [0.05, 0.1) is 37.0 Å². The number of nitrogens with one attached hydrogen (secondary N) is 2. The Morgan fingerprint density at radius 2 is 1.75 bits per heavy atom. The molecule has 2 heterocycles. The van der Waals surface area contributed by atoms with E-state index in [0.29, 0.717) is 56.0 Å². The van der Waals surface area contributed by atoms with Crippen LogP contribution in [0.3, 0.4) is 0 Å². The van der Waals surface area contributed by atoms with Gasteiger partial charge in [-0.05, 0) is 87.2 Å². The molecule has 17 heteroatoms. The number of aromatic nitrogens is 1. The predicted molar refractivity (Wildman–Crippen MR) is 249 cm³/mol. The van der Waals surface area contributed by atoms with Gasteiger partial charge in [0, 0.05) is 43.5 Å². The van der Waals surface area contributed by atoms with Gasteiger partial charge in [-0.15, -0.1) is 11.3 Å². The van der Waals surface area contributed by atoms with E-state index in [1.807, 2.05) is 76.9 Å². The first-order valence-electron chi connectivity index (χ1n) is 23.0. The minimum Gasteiger partial charge on any atom is -0.512 e. The first-order valence-corrected chi connectivity index (χ1v) is 23.9. The number of thiazole rings is 1. The number of allylic oxidation sites excluding steroid dienone is 3. The highest BCUT2D eigenvalue weighted by Crippen LogP contribution is 2.33. The highest BCUT2D eigenvalue weighted by atomic mass is 32.1. The third kappa shape index (κ3) is 16.2. The number of nitrogen functional groups attached to an aromatic ring is 1. The Morgan fingerprint density at radius 1 is 1.03 bits per heavy atom. The topological polar surface area (TPSA) is 223 Å². The summed E-state index contributed by atoms with van der Waals surface area (Å²) >= 11 is 1.13. The molecule has 1 unspecified atom stereocenters. The standard InChI is InChI=1S/C48H72N6O10S/c1-9-30(4)43(52-45(58)40-13-10-11-20-53(40)8)47(59)54(63-22-12-21-62-27-34-14-17-36(49)18-15-34)41(29(2)3)26-42(64-33(7)55)46-51-39(28-65-46)44(57)50-37(23-32(6)48(60)61)25-35-16-19-38(56)24-31(35)5/h14-19,28-32,37,40-43,56H,9-13,20-27,49H2,1-8H3,(H,50,57)(H,52,58)(H,60,61)/t30-,31?,32-,37+,40+,41+,42+,43-/m0/s1. The van der Waals surface area contributed by atoms with E-state index in [0.717, 1.165) is 41.9 Å². The molecule has 4 rings (SSSR count). The summed E-state index contributed by atoms with van der Waals surface area (Å²) in [5.41, 5.74) is 8.49. The van der Waals surface area contributed by atoms with Crippen molar-refractivity contribution in [1.29, 1.82) is 0 Å². The summed E-state index contributed by atoms with van der Waals surface area (Å²) in [5.74, 6) is -3.71. The number of nitrogens with zero attached hydrogens (tertiary/aromatic N) is 3. The Balaban J connectivity index is 1.60. The van der Waals surface area contributed by atoms with Gasteiger partial charge in [0.15, 0.2) is 6.10 Å². The van der Waals surface area contributed by atoms with Gasteiger partial charge in [0.2, 0.25) is 5.91 Å². The number of hydroxylamine groups is 2. The lowest BCUT2D eigenvalue weighted by Crippen LogP contribution is -2.58. The number of carboxylic acids is 1. The molecule has 6 N–H and O–H groups in total. The van der Waals surface area contributed by atoms with Crippen molar-refractivity contribution in [3.8, 4) is 0 Å². The summed E-state index contributed by atoms with van der Waals surface area (Å²) in [4.78, 5) is 80.3. The van der Waals surface area contributed by atoms with Gasteiger partial charge in [0.1, 0.15) is 16.7 Å². The van der Waals surface area contributed by atoms with Crippen molar-refractivity contribution in [1.82, 2.24) is 25.6 Å². The molecule has 1 aromatic carbocycles. The molecule has 0 saturated carbocycles. The van der Waals surface area contributed by atoms with E-state index in [1.165, 1.54) is 12.0 Å². The Kier molecular flexibility index (Phi) is 20.9. The van der Waals surface area contributed by atoms with Crippen molar-refractivity contribution >= 4 is 46.7 Å². The van der Waals surface area contributed by atoms with Crippen LogP contribution < -0.4 is 16.4 Å². The molecular formula is C48H72N6O10S. The number of carbonyl (C=O) groups is 5. The first kappa shape index (κ1) is 52.8. The zero-order valence-electron chi connectivity index (χ0n) is 39.4. The van der Waals surface area contributed by atoms with E-state index in [1.54, 1.807) is 18.4 Å². The lowest BCUT2D eigenvalue weighted by atomic mass is 9.86. The second kappa shape index (κ2) is 25.7. The van der Waals surface area contributed by atoms with Crippen LogP contribution in [0.2, 0.25) is 0 Å². The minimum absolute atomic E-state index is 0.00297. The monoisotopic (exact) mass is 925 g/mol. The molecule has 360 valence electrons. The number of likely N-dealkylation sites (tertiary alicyclic amines) is 1. The normalized spacial score (nSPS) is 19.5. The van der Waals surface area contributed by atoms with Gasteiger partial charge >= 0.3 is 11.9 Å². The van der Waals surface area contributed by atoms with Crippen molar-refractivity contribution in [3.05, 3.63) is 69.4 Å². The fraction of sp³-hybridized carbons (Fsp3) is 0.625. The number of esters is 1. The SMILES string of the molecule is CC[C@H](C)[C@H](NC(=O)[C@H]1CCCCN1C)C(=O)N(OCCCOCc1ccc(N)cc1)[C@H](C[C@@H](OC(C)=O)c1nc(C(=O)N[C@@H](CC2=CC=C(O)CC2C)C[C@H](C)C(=O)O)cs1)C(C)C. The third-order valence-corrected chi connectivity index (χ3v) is 13.3. The summed E-state index contributed by atoms with van der Waals surface area (Å²) in [6.45, 7) is 14.2. The van der Waals surface area contributed by atoms with E-state index in [-0.39, 0.29) is 60.6 Å². The fourth-order valence-corrected chi connectivity index (χ4v) is 8.98. The Hall–Kier alpha value is -4.84. The van der Waals surface area contributed by atoms with Gasteiger partial charge in [0.25, 0.3) is 11.8 Å². The average molecular weight is 925 g/mol. The number of aliphatic carboxylic acids is 1. The molecule has 0 spiro atoms. The van der Waals surface area contributed by atoms with Crippen molar-refractivity contribution in [2.24, 2.45) is 23.7 Å². The number of anilines is 1. The summed E-state index contributed by atoms with van der Waals surface area (Å²) in [6, 6.07) is 4.89. The van der Waals surface area contributed by atoms with Crippen LogP contribution in [0.1, 0.15) is 133 Å². The molecule has 8 atom stereocenters. The predicted octanol–water partition coefficient (Wildman–Crippen LogP) is 7.13. The third-order valence-electron chi connectivity index (χ3n) is 12.4. The van der Waals surface area contributed by atoms with Gasteiger partial charge < -0.3 is 36.1 Å². The maximum absolute atomic E-state index is 15.0. The molecule has 0 bridgehead atoms. The smallest absolute Gasteiger partial charge is 0.306 e. The molecule has 65 heavy (non-hydrogen) atoms. The van der Waals surface area contributed by atoms with Gasteiger partial charge in [-0.1, -0.05) is 78.2 Å². The Labute approximate surface area is 388 Å². The lowest BCUT2D eigenvalue weighted by Gasteiger charge is -2.39. The van der Waals surface area contributed by atoms with Crippen LogP contribution in [-0.4, -0.2) is 106 Å². The number of carbonyl (C=O) groups excluding carboxylic acids is 4. The van der Waals surface area contributed by atoms with E-state index < -0.39 is 53.9 Å². The van der Waals surface area contributed by atoms with E-state index in [2.05, 4.69) is 15.6 Å². The molecule has 1 fully saturated rings. The largest absolute Gasteiger partial charge is 0.512 e. The van der Waals surface area contributed by atoms with Crippen LogP contribution in [0.25, 0.3) is 0 Å². The highest BCUT2D eigenvalue weighted by Gasteiger charge is 2.40. The summed E-state index contributed by atoms with van der Waals surface area (Å²) in [6.07, 6.45) is 7.14. The van der Waals surface area contributed by atoms with Crippen LogP contribution >= 0.6 is 11.3 Å². The van der Waals surface area contributed by atoms with E-state index in [9.17, 15) is 34.2 Å². The number of piperidine rings is 1. The van der Waals surface area contributed by atoms with Gasteiger partial charge in [-0.2, -0.15) is 0 Å². The second-order valence-electron chi connectivity index (χ2n) is 18.1. The number of nitrogens with two attached hydrogens (primary N) is 1. The number of benzene rings is 1. The second-order valence-corrected chi connectivity index (χ2v) is 19.0. The molecule has 1 saturated heterocycles. The Morgan fingerprint density at radius 3 is 2.38 bits per heavy atom. The number of ether oxygens (including phenoxy) is 2. The van der Waals surface area contributed by atoms with Crippen LogP contribution in [-0.2, 0) is 40.1 Å². The molecule has 1 aliphatic carbocycles. The maximum Gasteiger partial charge on any atom is 0.306 e. The van der Waals surface area contributed by atoms with Crippen LogP contribution in [0.15, 0.2) is 53.1 Å². The summed E-state index contributed by atoms with van der Waals surface area (Å²) in [5, 5.41) is 29.0. The maximum atomic E-state index is 15.0. The van der Waals surface area contributed by atoms with E-state index in [4.69, 9.17) is 20.0 Å². The zero-order valence-corrected chi connectivity index (χ0v) is 40.2. The molecule has 16 nitrogen and oxygen atoms in total. The van der Waals surface area contributed by atoms with Crippen LogP contribution in [0, 0.1) is 23.7 Å². The number of amides is 3. The molecular weight excluding hydrogens is 853 g/mol. The summed E-state index contributed by atoms with van der Waals surface area (Å²) < 4.78 is 11.8. The van der Waals surface area contributed by atoms with Crippen molar-refractivity contribution < 1.29 is 48.5 Å².